The Labute approximate surface area is 146 Å². The van der Waals surface area contributed by atoms with Crippen molar-refractivity contribution in [2.45, 2.75) is 18.9 Å². The van der Waals surface area contributed by atoms with Gasteiger partial charge in [0.2, 0.25) is 5.91 Å². The average molecular weight is 372 g/mol. The van der Waals surface area contributed by atoms with Crippen LogP contribution in [0.25, 0.3) is 0 Å². The molecule has 1 unspecified atom stereocenters. The number of methoxy groups -OCH3 is 1. The van der Waals surface area contributed by atoms with Gasteiger partial charge in [-0.25, -0.2) is 0 Å². The topological polar surface area (TPSA) is 73.6 Å². The largest absolute Gasteiger partial charge is 0.492 e. The van der Waals surface area contributed by atoms with E-state index in [1.807, 2.05) is 0 Å². The second-order valence-electron chi connectivity index (χ2n) is 4.42. The molecule has 8 heteroatoms. The molecule has 0 fully saturated rings. The van der Waals surface area contributed by atoms with E-state index in [1.165, 1.54) is 7.11 Å². The first-order chi connectivity index (χ1) is 10.1. The van der Waals surface area contributed by atoms with Gasteiger partial charge in [-0.05, 0) is 24.6 Å². The van der Waals surface area contributed by atoms with Crippen molar-refractivity contribution in [1.82, 2.24) is 5.32 Å². The summed E-state index contributed by atoms with van der Waals surface area (Å²) in [5, 5.41) is 3.82. The Bertz CT molecular complexity index is 457. The highest BCUT2D eigenvalue weighted by Gasteiger charge is 2.10. The lowest BCUT2D eigenvalue weighted by Crippen LogP contribution is -2.33. The third-order valence-corrected chi connectivity index (χ3v) is 3.33. The number of nitrogens with two attached hydrogens (primary N) is 1. The average Bonchev–Trinajstić information content (AvgIpc) is 2.46. The maximum absolute atomic E-state index is 11.6. The molecule has 0 aliphatic rings. The molecule has 0 spiro atoms. The molecule has 0 radical (unpaired) electrons. The number of hydrogen-bond donors (Lipinski definition) is 2. The highest BCUT2D eigenvalue weighted by Crippen LogP contribution is 2.27. The summed E-state index contributed by atoms with van der Waals surface area (Å²) < 4.78 is 10.6. The first-order valence-electron chi connectivity index (χ1n) is 6.64. The standard InChI is InChI=1S/C14H20Cl2N2O3.ClH/c1-20-11(9-17)8-14(19)18-5-2-6-21-13-4-3-10(15)7-12(13)16;/h3-4,7,11H,2,5-6,8-9,17H2,1H3,(H,18,19);1H. The van der Waals surface area contributed by atoms with E-state index < -0.39 is 0 Å². The fourth-order valence-electron chi connectivity index (χ4n) is 1.62. The second-order valence-corrected chi connectivity index (χ2v) is 5.27. The lowest BCUT2D eigenvalue weighted by molar-refractivity contribution is -0.123. The van der Waals surface area contributed by atoms with Gasteiger partial charge >= 0.3 is 0 Å². The number of nitrogens with one attached hydrogen (secondary N) is 1. The van der Waals surface area contributed by atoms with Gasteiger partial charge in [-0.1, -0.05) is 23.2 Å². The van der Waals surface area contributed by atoms with Crippen LogP contribution in [-0.4, -0.2) is 38.8 Å². The first kappa shape index (κ1) is 21.3. The van der Waals surface area contributed by atoms with Gasteiger partial charge in [0.25, 0.3) is 0 Å². The number of carbonyl (C=O) groups excluding carboxylic acids is 1. The monoisotopic (exact) mass is 370 g/mol. The Hall–Kier alpha value is -0.720. The quantitative estimate of drug-likeness (QED) is 0.655. The molecule has 1 atom stereocenters. The minimum absolute atomic E-state index is 0. The number of hydrogen-bond acceptors (Lipinski definition) is 4. The molecular formula is C14H21Cl3N2O3. The van der Waals surface area contributed by atoms with Crippen LogP contribution in [0.5, 0.6) is 5.75 Å². The molecule has 1 aromatic carbocycles. The summed E-state index contributed by atoms with van der Waals surface area (Å²) in [6.45, 7) is 1.29. The molecule has 0 aromatic heterocycles. The summed E-state index contributed by atoms with van der Waals surface area (Å²) in [6, 6.07) is 5.05. The maximum atomic E-state index is 11.6. The molecule has 3 N–H and O–H groups in total. The van der Waals surface area contributed by atoms with Gasteiger partial charge in [-0.2, -0.15) is 0 Å². The Morgan fingerprint density at radius 1 is 1.41 bits per heavy atom. The van der Waals surface area contributed by atoms with Crippen molar-refractivity contribution in [3.05, 3.63) is 28.2 Å². The zero-order chi connectivity index (χ0) is 15.7. The summed E-state index contributed by atoms with van der Waals surface area (Å²) in [5.74, 6) is 0.492. The molecule has 0 saturated carbocycles. The molecule has 0 heterocycles. The molecule has 1 aromatic rings. The van der Waals surface area contributed by atoms with E-state index in [2.05, 4.69) is 5.32 Å². The van der Waals surface area contributed by atoms with Gasteiger partial charge in [0.15, 0.2) is 0 Å². The zero-order valence-corrected chi connectivity index (χ0v) is 14.6. The lowest BCUT2D eigenvalue weighted by atomic mass is 10.2. The van der Waals surface area contributed by atoms with Gasteiger partial charge < -0.3 is 20.5 Å². The van der Waals surface area contributed by atoms with Crippen LogP contribution in [0.4, 0.5) is 0 Å². The van der Waals surface area contributed by atoms with Crippen molar-refractivity contribution in [3.63, 3.8) is 0 Å². The molecule has 1 rings (SSSR count). The van der Waals surface area contributed by atoms with Gasteiger partial charge in [0.05, 0.1) is 24.2 Å². The second kappa shape index (κ2) is 11.8. The zero-order valence-electron chi connectivity index (χ0n) is 12.3. The summed E-state index contributed by atoms with van der Waals surface area (Å²) >= 11 is 11.8. The van der Waals surface area contributed by atoms with E-state index in [4.69, 9.17) is 38.4 Å². The van der Waals surface area contributed by atoms with Crippen LogP contribution in [0.1, 0.15) is 12.8 Å². The van der Waals surface area contributed by atoms with Crippen LogP contribution < -0.4 is 15.8 Å². The Balaban J connectivity index is 0.00000441. The fourth-order valence-corrected chi connectivity index (χ4v) is 2.08. The Morgan fingerprint density at radius 2 is 2.14 bits per heavy atom. The Morgan fingerprint density at radius 3 is 2.73 bits per heavy atom. The minimum atomic E-state index is -0.242. The van der Waals surface area contributed by atoms with Crippen molar-refractivity contribution in [2.75, 3.05) is 26.8 Å². The molecule has 0 saturated heterocycles. The third kappa shape index (κ3) is 8.06. The number of rotatable bonds is 9. The SMILES string of the molecule is COC(CN)CC(=O)NCCCOc1ccc(Cl)cc1Cl.Cl. The highest BCUT2D eigenvalue weighted by molar-refractivity contribution is 6.35. The Kier molecular flexibility index (Phi) is 11.4. The fraction of sp³-hybridized carbons (Fsp3) is 0.500. The van der Waals surface area contributed by atoms with Gasteiger partial charge in [0, 0.05) is 25.2 Å². The van der Waals surface area contributed by atoms with Crippen molar-refractivity contribution >= 4 is 41.5 Å². The van der Waals surface area contributed by atoms with Crippen LogP contribution in [0.15, 0.2) is 18.2 Å². The summed E-state index contributed by atoms with van der Waals surface area (Å²) in [4.78, 5) is 11.6. The van der Waals surface area contributed by atoms with Crippen molar-refractivity contribution in [2.24, 2.45) is 5.73 Å². The van der Waals surface area contributed by atoms with E-state index in [0.29, 0.717) is 41.9 Å². The number of ether oxygens (including phenoxy) is 2. The van der Waals surface area contributed by atoms with Crippen LogP contribution in [0.3, 0.4) is 0 Å². The van der Waals surface area contributed by atoms with Gasteiger partial charge in [-0.15, -0.1) is 12.4 Å². The maximum Gasteiger partial charge on any atom is 0.222 e. The summed E-state index contributed by atoms with van der Waals surface area (Å²) in [6.07, 6.45) is 0.691. The molecule has 0 aliphatic heterocycles. The molecular weight excluding hydrogens is 351 g/mol. The first-order valence-corrected chi connectivity index (χ1v) is 7.39. The van der Waals surface area contributed by atoms with E-state index in [9.17, 15) is 4.79 Å². The molecule has 0 aliphatic carbocycles. The van der Waals surface area contributed by atoms with Gasteiger partial charge in [0.1, 0.15) is 5.75 Å². The smallest absolute Gasteiger partial charge is 0.222 e. The third-order valence-electron chi connectivity index (χ3n) is 2.80. The van der Waals surface area contributed by atoms with Crippen molar-refractivity contribution in [1.29, 1.82) is 0 Å². The van der Waals surface area contributed by atoms with E-state index in [0.717, 1.165) is 0 Å². The van der Waals surface area contributed by atoms with Crippen LogP contribution in [-0.2, 0) is 9.53 Å². The number of carbonyl (C=O) groups is 1. The van der Waals surface area contributed by atoms with Gasteiger partial charge in [-0.3, -0.25) is 4.79 Å². The van der Waals surface area contributed by atoms with Crippen LogP contribution in [0.2, 0.25) is 10.0 Å². The van der Waals surface area contributed by atoms with E-state index in [-0.39, 0.29) is 30.8 Å². The lowest BCUT2D eigenvalue weighted by Gasteiger charge is -2.13. The number of benzene rings is 1. The predicted molar refractivity (Wildman–Crippen MR) is 91.3 cm³/mol. The number of halogens is 3. The van der Waals surface area contributed by atoms with Crippen molar-refractivity contribution in [3.8, 4) is 5.75 Å². The predicted octanol–water partition coefficient (Wildman–Crippen LogP) is 2.66. The van der Waals surface area contributed by atoms with E-state index >= 15 is 0 Å². The molecule has 126 valence electrons. The molecule has 22 heavy (non-hydrogen) atoms. The van der Waals surface area contributed by atoms with Crippen LogP contribution >= 0.6 is 35.6 Å². The number of amides is 1. The summed E-state index contributed by atoms with van der Waals surface area (Å²) in [5.41, 5.74) is 5.45. The molecule has 5 nitrogen and oxygen atoms in total. The normalized spacial score (nSPS) is 11.5. The van der Waals surface area contributed by atoms with Crippen LogP contribution in [0, 0.1) is 0 Å². The van der Waals surface area contributed by atoms with E-state index in [1.54, 1.807) is 18.2 Å². The van der Waals surface area contributed by atoms with Crippen molar-refractivity contribution < 1.29 is 14.3 Å². The highest BCUT2D eigenvalue weighted by atomic mass is 35.5. The molecule has 1 amide bonds. The summed E-state index contributed by atoms with van der Waals surface area (Å²) in [7, 11) is 1.54. The minimum Gasteiger partial charge on any atom is -0.492 e. The molecule has 0 bridgehead atoms.